The van der Waals surface area contributed by atoms with Crippen LogP contribution in [0.15, 0.2) is 36.5 Å². The van der Waals surface area contributed by atoms with Gasteiger partial charge < -0.3 is 15.4 Å². The van der Waals surface area contributed by atoms with Gasteiger partial charge in [0.05, 0.1) is 16.9 Å². The number of benzene rings is 1. The summed E-state index contributed by atoms with van der Waals surface area (Å²) in [6.07, 6.45) is -3.28. The average Bonchev–Trinajstić information content (AvgIpc) is 2.55. The molecule has 2 N–H and O–H groups in total. The third-order valence-electron chi connectivity index (χ3n) is 4.28. The number of alkyl halides is 3. The minimum atomic E-state index is -5.00. The molecule has 2 aromatic rings. The summed E-state index contributed by atoms with van der Waals surface area (Å²) in [5, 5.41) is 0. The molecule has 0 radical (unpaired) electrons. The third-order valence-corrected chi connectivity index (χ3v) is 4.28. The maximum absolute atomic E-state index is 14.1. The summed E-state index contributed by atoms with van der Waals surface area (Å²) >= 11 is 0. The Bertz CT molecular complexity index is 856. The van der Waals surface area contributed by atoms with Crippen LogP contribution in [0.1, 0.15) is 24.6 Å². The van der Waals surface area contributed by atoms with E-state index in [0.29, 0.717) is 11.4 Å². The lowest BCUT2D eigenvalue weighted by molar-refractivity contribution is -0.275. The normalized spacial score (nSPS) is 19.8. The van der Waals surface area contributed by atoms with Crippen molar-refractivity contribution in [2.24, 2.45) is 5.73 Å². The topological polar surface area (TPSA) is 68.5 Å². The van der Waals surface area contributed by atoms with Crippen LogP contribution in [0.3, 0.4) is 0 Å². The Hall–Kier alpha value is -2.68. The fourth-order valence-corrected chi connectivity index (χ4v) is 3.08. The number of carbonyl (C=O) groups excluding carboxylic acids is 1. The van der Waals surface area contributed by atoms with Crippen molar-refractivity contribution < 1.29 is 27.1 Å². The molecule has 0 bridgehead atoms. The molecule has 1 unspecified atom stereocenters. The molecule has 0 aliphatic carbocycles. The summed E-state index contributed by atoms with van der Waals surface area (Å²) < 4.78 is 54.7. The van der Waals surface area contributed by atoms with Crippen LogP contribution in [-0.2, 0) is 10.3 Å². The standard InChI is InChI=1S/C17H15F4N3O2/c1-10(25)24-8-6-16(22,15-13(24)3-2-7-23-15)11-4-5-14(12(18)9-11)26-17(19,20)21/h2-5,7,9H,6,8,22H2,1H3. The third kappa shape index (κ3) is 3.22. The van der Waals surface area contributed by atoms with Crippen LogP contribution >= 0.6 is 0 Å². The fourth-order valence-electron chi connectivity index (χ4n) is 3.08. The Balaban J connectivity index is 2.05. The largest absolute Gasteiger partial charge is 0.573 e. The second kappa shape index (κ2) is 6.24. The van der Waals surface area contributed by atoms with Crippen LogP contribution in [0.5, 0.6) is 5.75 Å². The lowest BCUT2D eigenvalue weighted by Gasteiger charge is -2.40. The first-order valence-electron chi connectivity index (χ1n) is 7.70. The highest BCUT2D eigenvalue weighted by Gasteiger charge is 2.40. The van der Waals surface area contributed by atoms with E-state index in [2.05, 4.69) is 9.72 Å². The molecule has 138 valence electrons. The first kappa shape index (κ1) is 18.1. The Morgan fingerprint density at radius 3 is 2.69 bits per heavy atom. The number of halogens is 4. The predicted octanol–water partition coefficient (Wildman–Crippen LogP) is 3.08. The molecule has 9 heteroatoms. The zero-order valence-electron chi connectivity index (χ0n) is 13.7. The van der Waals surface area contributed by atoms with Crippen LogP contribution in [0.4, 0.5) is 23.2 Å². The fraction of sp³-hybridized carbons (Fsp3) is 0.294. The molecule has 0 fully saturated rings. The van der Waals surface area contributed by atoms with E-state index in [1.807, 2.05) is 0 Å². The molecule has 5 nitrogen and oxygen atoms in total. The van der Waals surface area contributed by atoms with Crippen LogP contribution in [0.25, 0.3) is 0 Å². The van der Waals surface area contributed by atoms with Crippen LogP contribution in [0, 0.1) is 5.82 Å². The van der Waals surface area contributed by atoms with Gasteiger partial charge in [0.25, 0.3) is 0 Å². The number of nitrogens with zero attached hydrogens (tertiary/aromatic N) is 2. The van der Waals surface area contributed by atoms with Crippen molar-refractivity contribution in [2.45, 2.75) is 25.2 Å². The van der Waals surface area contributed by atoms with Gasteiger partial charge in [0.15, 0.2) is 11.6 Å². The Morgan fingerprint density at radius 1 is 1.35 bits per heavy atom. The molecular weight excluding hydrogens is 354 g/mol. The summed E-state index contributed by atoms with van der Waals surface area (Å²) in [4.78, 5) is 17.6. The number of pyridine rings is 1. The first-order valence-corrected chi connectivity index (χ1v) is 7.70. The summed E-state index contributed by atoms with van der Waals surface area (Å²) in [7, 11) is 0. The second-order valence-corrected chi connectivity index (χ2v) is 5.96. The highest BCUT2D eigenvalue weighted by atomic mass is 19.4. The number of hydrogen-bond acceptors (Lipinski definition) is 4. The molecule has 0 spiro atoms. The van der Waals surface area contributed by atoms with E-state index in [4.69, 9.17) is 5.73 Å². The summed E-state index contributed by atoms with van der Waals surface area (Å²) in [5.41, 5.74) is 6.31. The SMILES string of the molecule is CC(=O)N1CCC(N)(c2ccc(OC(F)(F)F)c(F)c2)c2ncccc21. The van der Waals surface area contributed by atoms with E-state index in [1.54, 1.807) is 12.1 Å². The van der Waals surface area contributed by atoms with Gasteiger partial charge in [-0.2, -0.15) is 0 Å². The minimum absolute atomic E-state index is 0.193. The molecule has 1 aliphatic rings. The Labute approximate surface area is 146 Å². The maximum Gasteiger partial charge on any atom is 0.573 e. The molecular formula is C17H15F4N3O2. The van der Waals surface area contributed by atoms with E-state index < -0.39 is 23.5 Å². The predicted molar refractivity (Wildman–Crippen MR) is 84.9 cm³/mol. The van der Waals surface area contributed by atoms with Crippen molar-refractivity contribution in [3.63, 3.8) is 0 Å². The van der Waals surface area contributed by atoms with Crippen molar-refractivity contribution >= 4 is 11.6 Å². The Kier molecular flexibility index (Phi) is 4.35. The van der Waals surface area contributed by atoms with Crippen LogP contribution in [0.2, 0.25) is 0 Å². The van der Waals surface area contributed by atoms with Gasteiger partial charge in [-0.25, -0.2) is 4.39 Å². The van der Waals surface area contributed by atoms with Gasteiger partial charge in [-0.3, -0.25) is 9.78 Å². The van der Waals surface area contributed by atoms with Gasteiger partial charge in [-0.15, -0.1) is 13.2 Å². The number of aromatic nitrogens is 1. The monoisotopic (exact) mass is 369 g/mol. The van der Waals surface area contributed by atoms with Gasteiger partial charge in [-0.05, 0) is 36.2 Å². The van der Waals surface area contributed by atoms with E-state index in [0.717, 1.165) is 12.1 Å². The van der Waals surface area contributed by atoms with Crippen molar-refractivity contribution in [1.29, 1.82) is 0 Å². The number of rotatable bonds is 2. The molecule has 0 saturated carbocycles. The number of hydrogen-bond donors (Lipinski definition) is 1. The molecule has 1 atom stereocenters. The summed E-state index contributed by atoms with van der Waals surface area (Å²) in [6, 6.07) is 6.37. The zero-order chi connectivity index (χ0) is 19.1. The van der Waals surface area contributed by atoms with Gasteiger partial charge in [0, 0.05) is 19.7 Å². The summed E-state index contributed by atoms with van der Waals surface area (Å²) in [5.74, 6) is -2.31. The maximum atomic E-state index is 14.1. The molecule has 26 heavy (non-hydrogen) atoms. The molecule has 1 amide bonds. The molecule has 3 rings (SSSR count). The van der Waals surface area contributed by atoms with Crippen molar-refractivity contribution in [3.05, 3.63) is 53.6 Å². The smallest absolute Gasteiger partial charge is 0.403 e. The minimum Gasteiger partial charge on any atom is -0.403 e. The quantitative estimate of drug-likeness (QED) is 0.826. The van der Waals surface area contributed by atoms with Crippen LogP contribution < -0.4 is 15.4 Å². The summed E-state index contributed by atoms with van der Waals surface area (Å²) in [6.45, 7) is 1.68. The van der Waals surface area contributed by atoms with Gasteiger partial charge >= 0.3 is 6.36 Å². The second-order valence-electron chi connectivity index (χ2n) is 5.96. The molecule has 0 saturated heterocycles. The molecule has 2 heterocycles. The van der Waals surface area contributed by atoms with Crippen molar-refractivity contribution in [2.75, 3.05) is 11.4 Å². The van der Waals surface area contributed by atoms with E-state index in [-0.39, 0.29) is 24.4 Å². The highest BCUT2D eigenvalue weighted by molar-refractivity contribution is 5.93. The number of nitrogens with two attached hydrogens (primary N) is 1. The lowest BCUT2D eigenvalue weighted by atomic mass is 9.80. The zero-order valence-corrected chi connectivity index (χ0v) is 13.7. The number of fused-ring (bicyclic) bond motifs is 1. The molecule has 1 aromatic carbocycles. The average molecular weight is 369 g/mol. The highest BCUT2D eigenvalue weighted by Crippen LogP contribution is 2.40. The van der Waals surface area contributed by atoms with Crippen molar-refractivity contribution in [1.82, 2.24) is 4.98 Å². The van der Waals surface area contributed by atoms with E-state index >= 15 is 0 Å². The van der Waals surface area contributed by atoms with Gasteiger partial charge in [-0.1, -0.05) is 6.07 Å². The number of carbonyl (C=O) groups is 1. The van der Waals surface area contributed by atoms with Crippen molar-refractivity contribution in [3.8, 4) is 5.75 Å². The number of anilines is 1. The number of amides is 1. The van der Waals surface area contributed by atoms with E-state index in [1.165, 1.54) is 24.1 Å². The van der Waals surface area contributed by atoms with Crippen LogP contribution in [-0.4, -0.2) is 23.8 Å². The Morgan fingerprint density at radius 2 is 2.08 bits per heavy atom. The lowest BCUT2D eigenvalue weighted by Crippen LogP contribution is -2.49. The van der Waals surface area contributed by atoms with E-state index in [9.17, 15) is 22.4 Å². The number of ether oxygens (including phenoxy) is 1. The molecule has 1 aromatic heterocycles. The van der Waals surface area contributed by atoms with Gasteiger partial charge in [0.1, 0.15) is 0 Å². The molecule has 1 aliphatic heterocycles. The first-order chi connectivity index (χ1) is 12.1. The van der Waals surface area contributed by atoms with Gasteiger partial charge in [0.2, 0.25) is 5.91 Å².